The number of carbonyl (C=O) groups excluding carboxylic acids is 1. The van der Waals surface area contributed by atoms with Crippen LogP contribution in [0.3, 0.4) is 0 Å². The molecule has 21 heavy (non-hydrogen) atoms. The highest BCUT2D eigenvalue weighted by Gasteiger charge is 2.25. The van der Waals surface area contributed by atoms with E-state index in [2.05, 4.69) is 10.1 Å². The van der Waals surface area contributed by atoms with Gasteiger partial charge in [0.2, 0.25) is 0 Å². The van der Waals surface area contributed by atoms with Gasteiger partial charge in [-0.3, -0.25) is 0 Å². The molecule has 0 N–H and O–H groups in total. The molecule has 1 aliphatic carbocycles. The molecule has 2 aromatic heterocycles. The topological polar surface area (TPSA) is 57.0 Å². The van der Waals surface area contributed by atoms with E-state index in [0.717, 1.165) is 0 Å². The molecule has 1 saturated carbocycles. The largest absolute Gasteiger partial charge is 0.462 e. The summed E-state index contributed by atoms with van der Waals surface area (Å²) in [7, 11) is 0. The van der Waals surface area contributed by atoms with Gasteiger partial charge in [0, 0.05) is 6.20 Å². The van der Waals surface area contributed by atoms with E-state index in [9.17, 15) is 4.79 Å². The van der Waals surface area contributed by atoms with Gasteiger partial charge in [-0.15, -0.1) is 0 Å². The number of aromatic nitrogens is 3. The van der Waals surface area contributed by atoms with E-state index in [1.807, 2.05) is 19.2 Å². The van der Waals surface area contributed by atoms with Crippen LogP contribution in [0.2, 0.25) is 5.15 Å². The van der Waals surface area contributed by atoms with Crippen molar-refractivity contribution < 1.29 is 9.53 Å². The number of ether oxygens (including phenoxy) is 1. The van der Waals surface area contributed by atoms with Crippen LogP contribution < -0.4 is 0 Å². The fourth-order valence-electron chi connectivity index (χ4n) is 2.30. The molecule has 2 aromatic rings. The van der Waals surface area contributed by atoms with E-state index < -0.39 is 0 Å². The van der Waals surface area contributed by atoms with E-state index >= 15 is 0 Å². The zero-order chi connectivity index (χ0) is 15.0. The van der Waals surface area contributed by atoms with Crippen molar-refractivity contribution in [3.63, 3.8) is 0 Å². The molecule has 0 aromatic carbocycles. The van der Waals surface area contributed by atoms with Gasteiger partial charge in [-0.05, 0) is 44.2 Å². The molecule has 0 atom stereocenters. The Hall–Kier alpha value is -1.88. The maximum Gasteiger partial charge on any atom is 0.341 e. The lowest BCUT2D eigenvalue weighted by Gasteiger charge is -2.09. The van der Waals surface area contributed by atoms with Crippen LogP contribution in [0.4, 0.5) is 0 Å². The highest BCUT2D eigenvalue weighted by Crippen LogP contribution is 2.41. The summed E-state index contributed by atoms with van der Waals surface area (Å²) >= 11 is 6.19. The predicted octanol–water partition coefficient (Wildman–Crippen LogP) is 3.28. The first-order chi connectivity index (χ1) is 10.1. The lowest BCUT2D eigenvalue weighted by Crippen LogP contribution is -2.07. The molecular formula is C15H16ClN3O2. The Balaban J connectivity index is 2.00. The lowest BCUT2D eigenvalue weighted by molar-refractivity contribution is 0.0525. The quantitative estimate of drug-likeness (QED) is 0.642. The number of esters is 1. The van der Waals surface area contributed by atoms with Crippen LogP contribution in [0.15, 0.2) is 18.5 Å². The van der Waals surface area contributed by atoms with Crippen LogP contribution in [-0.2, 0) is 4.74 Å². The van der Waals surface area contributed by atoms with E-state index in [1.54, 1.807) is 11.6 Å². The van der Waals surface area contributed by atoms with Crippen molar-refractivity contribution in [1.82, 2.24) is 14.8 Å². The molecule has 0 spiro atoms. The minimum Gasteiger partial charge on any atom is -0.462 e. The van der Waals surface area contributed by atoms with Crippen LogP contribution in [0.1, 0.15) is 47.3 Å². The van der Waals surface area contributed by atoms with Gasteiger partial charge in [-0.1, -0.05) is 11.6 Å². The fraction of sp³-hybridized carbons (Fsp3) is 0.400. The number of hydrogen-bond acceptors (Lipinski definition) is 4. The minimum atomic E-state index is -0.372. The van der Waals surface area contributed by atoms with Gasteiger partial charge in [-0.2, -0.15) is 5.10 Å². The predicted molar refractivity (Wildman–Crippen MR) is 79.0 cm³/mol. The van der Waals surface area contributed by atoms with Crippen molar-refractivity contribution in [2.24, 2.45) is 0 Å². The lowest BCUT2D eigenvalue weighted by atomic mass is 10.2. The monoisotopic (exact) mass is 305 g/mol. The van der Waals surface area contributed by atoms with Gasteiger partial charge in [-0.25, -0.2) is 14.5 Å². The van der Waals surface area contributed by atoms with Crippen molar-refractivity contribution in [3.05, 3.63) is 40.4 Å². The minimum absolute atomic E-state index is 0.336. The normalized spacial score (nSPS) is 14.2. The van der Waals surface area contributed by atoms with Crippen LogP contribution in [0.25, 0.3) is 5.69 Å². The van der Waals surface area contributed by atoms with Gasteiger partial charge < -0.3 is 4.74 Å². The van der Waals surface area contributed by atoms with Crippen molar-refractivity contribution in [2.75, 3.05) is 6.61 Å². The first kappa shape index (κ1) is 14.1. The Labute approximate surface area is 127 Å². The summed E-state index contributed by atoms with van der Waals surface area (Å²) < 4.78 is 6.67. The van der Waals surface area contributed by atoms with Crippen LogP contribution in [0, 0.1) is 6.92 Å². The molecular weight excluding hydrogens is 290 g/mol. The Morgan fingerprint density at radius 1 is 1.48 bits per heavy atom. The summed E-state index contributed by atoms with van der Waals surface area (Å²) in [6.07, 6.45) is 5.70. The molecule has 0 amide bonds. The third-order valence-electron chi connectivity index (χ3n) is 3.62. The molecule has 1 aliphatic rings. The zero-order valence-corrected chi connectivity index (χ0v) is 12.7. The highest BCUT2D eigenvalue weighted by molar-refractivity contribution is 6.31. The molecule has 0 aliphatic heterocycles. The van der Waals surface area contributed by atoms with E-state index in [1.165, 1.54) is 24.6 Å². The summed E-state index contributed by atoms with van der Waals surface area (Å²) in [4.78, 5) is 16.1. The molecule has 1 fully saturated rings. The first-order valence-electron chi connectivity index (χ1n) is 6.99. The SMILES string of the molecule is CCOC(=O)c1cnn(-c2cc(C3CC3)cnc2Cl)c1C. The fourth-order valence-corrected chi connectivity index (χ4v) is 2.49. The number of halogens is 1. The number of nitrogens with zero attached hydrogens (tertiary/aromatic N) is 3. The van der Waals surface area contributed by atoms with Crippen molar-refractivity contribution in [1.29, 1.82) is 0 Å². The Bertz CT molecular complexity index is 692. The van der Waals surface area contributed by atoms with Crippen LogP contribution in [-0.4, -0.2) is 27.3 Å². The average molecular weight is 306 g/mol. The molecule has 5 nitrogen and oxygen atoms in total. The Morgan fingerprint density at radius 3 is 2.90 bits per heavy atom. The molecule has 0 saturated heterocycles. The number of carbonyl (C=O) groups is 1. The maximum atomic E-state index is 11.9. The molecule has 0 bridgehead atoms. The third-order valence-corrected chi connectivity index (χ3v) is 3.92. The van der Waals surface area contributed by atoms with Crippen LogP contribution in [0.5, 0.6) is 0 Å². The molecule has 0 unspecified atom stereocenters. The smallest absolute Gasteiger partial charge is 0.341 e. The van der Waals surface area contributed by atoms with Gasteiger partial charge in [0.1, 0.15) is 11.3 Å². The molecule has 2 heterocycles. The number of rotatable bonds is 4. The second-order valence-corrected chi connectivity index (χ2v) is 5.49. The Morgan fingerprint density at radius 2 is 2.24 bits per heavy atom. The Kier molecular flexibility index (Phi) is 3.68. The summed E-state index contributed by atoms with van der Waals surface area (Å²) in [5, 5.41) is 4.64. The second-order valence-electron chi connectivity index (χ2n) is 5.13. The van der Waals surface area contributed by atoms with Gasteiger partial charge >= 0.3 is 5.97 Å². The molecule has 110 valence electrons. The van der Waals surface area contributed by atoms with Gasteiger partial charge in [0.25, 0.3) is 0 Å². The average Bonchev–Trinajstić information content (AvgIpc) is 3.23. The standard InChI is InChI=1S/C15H16ClN3O2/c1-3-21-15(20)12-8-18-19(9(12)2)13-6-11(10-4-5-10)7-17-14(13)16/h6-8,10H,3-5H2,1-2H3. The van der Waals surface area contributed by atoms with E-state index in [-0.39, 0.29) is 5.97 Å². The summed E-state index contributed by atoms with van der Waals surface area (Å²) in [6.45, 7) is 3.93. The summed E-state index contributed by atoms with van der Waals surface area (Å²) in [5.41, 5.74) is 3.02. The van der Waals surface area contributed by atoms with Crippen molar-refractivity contribution in [2.45, 2.75) is 32.6 Å². The zero-order valence-electron chi connectivity index (χ0n) is 12.0. The van der Waals surface area contributed by atoms with Crippen LogP contribution >= 0.6 is 11.6 Å². The summed E-state index contributed by atoms with van der Waals surface area (Å²) in [6, 6.07) is 2.00. The van der Waals surface area contributed by atoms with Crippen molar-refractivity contribution >= 4 is 17.6 Å². The number of hydrogen-bond donors (Lipinski definition) is 0. The van der Waals surface area contributed by atoms with E-state index in [0.29, 0.717) is 34.6 Å². The molecule has 3 rings (SSSR count). The van der Waals surface area contributed by atoms with Gasteiger partial charge in [0.15, 0.2) is 5.15 Å². The highest BCUT2D eigenvalue weighted by atomic mass is 35.5. The maximum absolute atomic E-state index is 11.9. The number of pyridine rings is 1. The first-order valence-corrected chi connectivity index (χ1v) is 7.37. The van der Waals surface area contributed by atoms with Gasteiger partial charge in [0.05, 0.1) is 18.5 Å². The van der Waals surface area contributed by atoms with Crippen molar-refractivity contribution in [3.8, 4) is 5.69 Å². The van der Waals surface area contributed by atoms with E-state index in [4.69, 9.17) is 16.3 Å². The second kappa shape index (κ2) is 5.48. The molecule has 6 heteroatoms. The third kappa shape index (κ3) is 2.65. The molecule has 0 radical (unpaired) electrons. The summed E-state index contributed by atoms with van der Waals surface area (Å²) in [5.74, 6) is 0.206.